The maximum Gasteiger partial charge on any atom is 0.123 e. The van der Waals surface area contributed by atoms with Crippen LogP contribution in [0.4, 0.5) is 4.39 Å². The number of hydrogen-bond acceptors (Lipinski definition) is 2. The first-order valence-electron chi connectivity index (χ1n) is 6.18. The fourth-order valence-electron chi connectivity index (χ4n) is 2.63. The van der Waals surface area contributed by atoms with E-state index in [0.717, 1.165) is 30.8 Å². The minimum absolute atomic E-state index is 0.0942. The summed E-state index contributed by atoms with van der Waals surface area (Å²) in [6.45, 7) is 5.56. The molecule has 0 spiro atoms. The summed E-state index contributed by atoms with van der Waals surface area (Å²) in [5.41, 5.74) is 8.11. The molecule has 1 aromatic rings. The summed E-state index contributed by atoms with van der Waals surface area (Å²) in [5, 5.41) is 0. The van der Waals surface area contributed by atoms with Gasteiger partial charge in [-0.1, -0.05) is 13.0 Å². The second kappa shape index (κ2) is 5.15. The lowest BCUT2D eigenvalue weighted by atomic mass is 9.81. The lowest BCUT2D eigenvalue weighted by molar-refractivity contribution is 0.0154. The van der Waals surface area contributed by atoms with Gasteiger partial charge in [-0.2, -0.15) is 0 Å². The normalized spacial score (nSPS) is 26.8. The smallest absolute Gasteiger partial charge is 0.123 e. The molecule has 1 saturated heterocycles. The van der Waals surface area contributed by atoms with Gasteiger partial charge in [-0.25, -0.2) is 4.39 Å². The van der Waals surface area contributed by atoms with Crippen LogP contribution in [0.2, 0.25) is 0 Å². The largest absolute Gasteiger partial charge is 0.381 e. The summed E-state index contributed by atoms with van der Waals surface area (Å²) in [4.78, 5) is 0. The van der Waals surface area contributed by atoms with Crippen LogP contribution in [0.5, 0.6) is 0 Å². The molecule has 1 fully saturated rings. The summed E-state index contributed by atoms with van der Waals surface area (Å²) >= 11 is 0. The fraction of sp³-hybridized carbons (Fsp3) is 0.571. The van der Waals surface area contributed by atoms with Gasteiger partial charge in [-0.3, -0.25) is 0 Å². The van der Waals surface area contributed by atoms with Gasteiger partial charge in [0.2, 0.25) is 0 Å². The van der Waals surface area contributed by atoms with Gasteiger partial charge in [0.25, 0.3) is 0 Å². The second-order valence-corrected chi connectivity index (χ2v) is 5.09. The Morgan fingerprint density at radius 2 is 2.18 bits per heavy atom. The Morgan fingerprint density at radius 3 is 2.82 bits per heavy atom. The summed E-state index contributed by atoms with van der Waals surface area (Å²) in [5.74, 6) is 0.613. The van der Waals surface area contributed by atoms with Crippen molar-refractivity contribution in [1.82, 2.24) is 0 Å². The Hall–Kier alpha value is -0.930. The average Bonchev–Trinajstić information content (AvgIpc) is 2.27. The van der Waals surface area contributed by atoms with Crippen LogP contribution in [0, 0.1) is 24.6 Å². The number of aryl methyl sites for hydroxylation is 1. The van der Waals surface area contributed by atoms with Gasteiger partial charge in [0, 0.05) is 19.3 Å². The van der Waals surface area contributed by atoms with Crippen LogP contribution in [-0.2, 0) is 4.74 Å². The summed E-state index contributed by atoms with van der Waals surface area (Å²) in [6, 6.07) is 4.97. The predicted octanol–water partition coefficient (Wildman–Crippen LogP) is 2.81. The highest BCUT2D eigenvalue weighted by molar-refractivity contribution is 5.26. The minimum atomic E-state index is -0.199. The average molecular weight is 237 g/mol. The molecule has 94 valence electrons. The van der Waals surface area contributed by atoms with E-state index in [4.69, 9.17) is 10.5 Å². The van der Waals surface area contributed by atoms with E-state index in [1.54, 1.807) is 6.07 Å². The second-order valence-electron chi connectivity index (χ2n) is 5.09. The first-order chi connectivity index (χ1) is 8.08. The van der Waals surface area contributed by atoms with Crippen molar-refractivity contribution in [3.63, 3.8) is 0 Å². The van der Waals surface area contributed by atoms with Crippen molar-refractivity contribution in [2.24, 2.45) is 17.6 Å². The van der Waals surface area contributed by atoms with Gasteiger partial charge in [0.05, 0.1) is 0 Å². The number of halogens is 1. The fourth-order valence-corrected chi connectivity index (χ4v) is 2.63. The molecule has 17 heavy (non-hydrogen) atoms. The van der Waals surface area contributed by atoms with Gasteiger partial charge in [0.1, 0.15) is 5.82 Å². The van der Waals surface area contributed by atoms with Gasteiger partial charge in [0.15, 0.2) is 0 Å². The molecule has 3 heteroatoms. The van der Waals surface area contributed by atoms with Crippen LogP contribution >= 0.6 is 0 Å². The van der Waals surface area contributed by atoms with Crippen molar-refractivity contribution in [2.75, 3.05) is 13.2 Å². The van der Waals surface area contributed by atoms with E-state index in [0.29, 0.717) is 11.8 Å². The van der Waals surface area contributed by atoms with Crippen LogP contribution in [-0.4, -0.2) is 13.2 Å². The first kappa shape index (κ1) is 12.5. The Balaban J connectivity index is 2.20. The monoisotopic (exact) mass is 237 g/mol. The molecular formula is C14H20FNO. The zero-order chi connectivity index (χ0) is 12.4. The number of nitrogens with two attached hydrogens (primary N) is 1. The molecular weight excluding hydrogens is 217 g/mol. The summed E-state index contributed by atoms with van der Waals surface area (Å²) < 4.78 is 18.8. The number of rotatable bonds is 2. The summed E-state index contributed by atoms with van der Waals surface area (Å²) in [6.07, 6.45) is 0.956. The SMILES string of the molecule is Cc1cc(F)cc(C(N)C2CCOCC2C)c1. The molecule has 3 atom stereocenters. The molecule has 1 heterocycles. The topological polar surface area (TPSA) is 35.2 Å². The van der Waals surface area contributed by atoms with E-state index in [1.807, 2.05) is 13.0 Å². The maximum atomic E-state index is 13.4. The highest BCUT2D eigenvalue weighted by Crippen LogP contribution is 2.32. The lowest BCUT2D eigenvalue weighted by Gasteiger charge is -2.33. The molecule has 0 radical (unpaired) electrons. The molecule has 2 N–H and O–H groups in total. The van der Waals surface area contributed by atoms with Crippen LogP contribution < -0.4 is 5.73 Å². The zero-order valence-corrected chi connectivity index (χ0v) is 10.4. The highest BCUT2D eigenvalue weighted by atomic mass is 19.1. The zero-order valence-electron chi connectivity index (χ0n) is 10.4. The van der Waals surface area contributed by atoms with Crippen molar-refractivity contribution in [3.8, 4) is 0 Å². The van der Waals surface area contributed by atoms with Gasteiger partial charge >= 0.3 is 0 Å². The van der Waals surface area contributed by atoms with E-state index in [2.05, 4.69) is 6.92 Å². The maximum absolute atomic E-state index is 13.4. The third-order valence-corrected chi connectivity index (χ3v) is 3.62. The molecule has 0 aliphatic carbocycles. The quantitative estimate of drug-likeness (QED) is 0.858. The summed E-state index contributed by atoms with van der Waals surface area (Å²) in [7, 11) is 0. The van der Waals surface area contributed by atoms with E-state index in [9.17, 15) is 4.39 Å². The van der Waals surface area contributed by atoms with Crippen LogP contribution in [0.1, 0.15) is 30.5 Å². The predicted molar refractivity (Wildman–Crippen MR) is 66.2 cm³/mol. The van der Waals surface area contributed by atoms with Crippen LogP contribution in [0.15, 0.2) is 18.2 Å². The van der Waals surface area contributed by atoms with E-state index in [1.165, 1.54) is 6.07 Å². The molecule has 2 nitrogen and oxygen atoms in total. The van der Waals surface area contributed by atoms with E-state index in [-0.39, 0.29) is 11.9 Å². The lowest BCUT2D eigenvalue weighted by Crippen LogP contribution is -2.34. The highest BCUT2D eigenvalue weighted by Gasteiger charge is 2.28. The molecule has 3 unspecified atom stereocenters. The molecule has 1 aromatic carbocycles. The molecule has 0 amide bonds. The van der Waals surface area contributed by atoms with Gasteiger partial charge < -0.3 is 10.5 Å². The molecule has 1 aliphatic rings. The van der Waals surface area contributed by atoms with Crippen molar-refractivity contribution >= 4 is 0 Å². The minimum Gasteiger partial charge on any atom is -0.381 e. The first-order valence-corrected chi connectivity index (χ1v) is 6.18. The molecule has 1 aliphatic heterocycles. The third kappa shape index (κ3) is 2.85. The standard InChI is InChI=1S/C14H20FNO/c1-9-5-11(7-12(15)6-9)14(16)13-3-4-17-8-10(13)2/h5-7,10,13-14H,3-4,8,16H2,1-2H3. The van der Waals surface area contributed by atoms with Gasteiger partial charge in [-0.05, 0) is 48.4 Å². The molecule has 2 rings (SSSR count). The molecule has 0 bridgehead atoms. The van der Waals surface area contributed by atoms with E-state index < -0.39 is 0 Å². The number of hydrogen-bond donors (Lipinski definition) is 1. The Labute approximate surface area is 102 Å². The third-order valence-electron chi connectivity index (χ3n) is 3.62. The van der Waals surface area contributed by atoms with Crippen LogP contribution in [0.3, 0.4) is 0 Å². The Morgan fingerprint density at radius 1 is 1.41 bits per heavy atom. The van der Waals surface area contributed by atoms with Crippen LogP contribution in [0.25, 0.3) is 0 Å². The molecule has 0 saturated carbocycles. The Bertz CT molecular complexity index is 374. The van der Waals surface area contributed by atoms with Gasteiger partial charge in [-0.15, -0.1) is 0 Å². The van der Waals surface area contributed by atoms with Crippen molar-refractivity contribution < 1.29 is 9.13 Å². The van der Waals surface area contributed by atoms with Crippen molar-refractivity contribution in [2.45, 2.75) is 26.3 Å². The van der Waals surface area contributed by atoms with Crippen molar-refractivity contribution in [1.29, 1.82) is 0 Å². The number of ether oxygens (including phenoxy) is 1. The van der Waals surface area contributed by atoms with Crippen molar-refractivity contribution in [3.05, 3.63) is 35.1 Å². The molecule has 0 aromatic heterocycles. The number of benzene rings is 1. The van der Waals surface area contributed by atoms with E-state index >= 15 is 0 Å². The Kier molecular flexibility index (Phi) is 3.79.